The number of hydrogen-bond acceptors (Lipinski definition) is 4. The minimum Gasteiger partial charge on any atom is -0.508 e. The molecule has 0 radical (unpaired) electrons. The number of rotatable bonds is 6. The Kier molecular flexibility index (Phi) is 5.26. The molecular formula is C19H20ClN3O2. The number of aromatic hydroxyl groups is 1. The number of benzene rings is 2. The molecule has 0 bridgehead atoms. The lowest BCUT2D eigenvalue weighted by atomic mass is 10.1. The van der Waals surface area contributed by atoms with Crippen LogP contribution in [0.2, 0.25) is 5.02 Å². The van der Waals surface area contributed by atoms with Crippen LogP contribution in [0.25, 0.3) is 5.69 Å². The Morgan fingerprint density at radius 3 is 2.56 bits per heavy atom. The molecule has 3 rings (SSSR count). The maximum atomic E-state index is 9.44. The second kappa shape index (κ2) is 7.59. The van der Waals surface area contributed by atoms with E-state index in [1.165, 1.54) is 0 Å². The van der Waals surface area contributed by atoms with E-state index >= 15 is 0 Å². The lowest BCUT2D eigenvalue weighted by Gasteiger charge is -2.11. The van der Waals surface area contributed by atoms with Gasteiger partial charge in [-0.2, -0.15) is 5.10 Å². The average molecular weight is 358 g/mol. The molecule has 1 heterocycles. The summed E-state index contributed by atoms with van der Waals surface area (Å²) in [5.74, 6) is 0.969. The zero-order chi connectivity index (χ0) is 17.8. The Bertz CT molecular complexity index is 860. The molecule has 0 fully saturated rings. The van der Waals surface area contributed by atoms with Gasteiger partial charge in [0.1, 0.15) is 11.5 Å². The standard InChI is InChI=1S/C19H20ClN3O2/c1-2-25-17-7-8-19(18(20)11-17)23-15(10-14(12-21)22-23)9-13-3-5-16(24)6-4-13/h3-8,10-11,24H,2,9,12,21H2,1H3. The first-order valence-corrected chi connectivity index (χ1v) is 8.47. The molecule has 5 nitrogen and oxygen atoms in total. The zero-order valence-corrected chi connectivity index (χ0v) is 14.7. The number of ether oxygens (including phenoxy) is 1. The van der Waals surface area contributed by atoms with E-state index in [9.17, 15) is 5.11 Å². The molecule has 0 saturated heterocycles. The Morgan fingerprint density at radius 1 is 1.16 bits per heavy atom. The van der Waals surface area contributed by atoms with Crippen LogP contribution in [-0.2, 0) is 13.0 Å². The van der Waals surface area contributed by atoms with Gasteiger partial charge in [0.05, 0.1) is 23.0 Å². The van der Waals surface area contributed by atoms with Gasteiger partial charge < -0.3 is 15.6 Å². The van der Waals surface area contributed by atoms with E-state index in [0.717, 1.165) is 28.4 Å². The molecule has 0 aliphatic carbocycles. The molecule has 1 aromatic heterocycles. The van der Waals surface area contributed by atoms with Crippen molar-refractivity contribution in [2.75, 3.05) is 6.61 Å². The van der Waals surface area contributed by atoms with Crippen molar-refractivity contribution in [1.29, 1.82) is 0 Å². The first-order valence-electron chi connectivity index (χ1n) is 8.09. The summed E-state index contributed by atoms with van der Waals surface area (Å²) in [4.78, 5) is 0. The van der Waals surface area contributed by atoms with Crippen molar-refractivity contribution in [1.82, 2.24) is 9.78 Å². The van der Waals surface area contributed by atoms with Gasteiger partial charge in [-0.05, 0) is 42.8 Å². The summed E-state index contributed by atoms with van der Waals surface area (Å²) >= 11 is 6.44. The third-order valence-electron chi connectivity index (χ3n) is 3.82. The van der Waals surface area contributed by atoms with E-state index in [0.29, 0.717) is 24.6 Å². The number of nitrogens with two attached hydrogens (primary N) is 1. The Labute approximate surface area is 151 Å². The van der Waals surface area contributed by atoms with Gasteiger partial charge in [0.25, 0.3) is 0 Å². The second-order valence-electron chi connectivity index (χ2n) is 5.63. The maximum Gasteiger partial charge on any atom is 0.120 e. The maximum absolute atomic E-state index is 9.44. The quantitative estimate of drug-likeness (QED) is 0.705. The monoisotopic (exact) mass is 357 g/mol. The van der Waals surface area contributed by atoms with Crippen molar-refractivity contribution < 1.29 is 9.84 Å². The number of aromatic nitrogens is 2. The summed E-state index contributed by atoms with van der Waals surface area (Å²) in [5.41, 5.74) is 9.36. The van der Waals surface area contributed by atoms with Gasteiger partial charge in [-0.1, -0.05) is 23.7 Å². The summed E-state index contributed by atoms with van der Waals surface area (Å²) < 4.78 is 7.30. The molecule has 0 aliphatic rings. The van der Waals surface area contributed by atoms with Gasteiger partial charge >= 0.3 is 0 Å². The van der Waals surface area contributed by atoms with E-state index in [-0.39, 0.29) is 5.75 Å². The largest absolute Gasteiger partial charge is 0.508 e. The predicted octanol–water partition coefficient (Wildman–Crippen LogP) is 3.68. The first-order chi connectivity index (χ1) is 12.1. The SMILES string of the molecule is CCOc1ccc(-n2nc(CN)cc2Cc2ccc(O)cc2)c(Cl)c1. The van der Waals surface area contributed by atoms with Gasteiger partial charge in [-0.25, -0.2) is 4.68 Å². The Balaban J connectivity index is 1.98. The van der Waals surface area contributed by atoms with Crippen molar-refractivity contribution in [3.05, 3.63) is 70.5 Å². The highest BCUT2D eigenvalue weighted by Crippen LogP contribution is 2.27. The van der Waals surface area contributed by atoms with Crippen LogP contribution < -0.4 is 10.5 Å². The van der Waals surface area contributed by atoms with Gasteiger partial charge in [-0.15, -0.1) is 0 Å². The highest BCUT2D eigenvalue weighted by molar-refractivity contribution is 6.32. The average Bonchev–Trinajstić information content (AvgIpc) is 3.00. The number of phenols is 1. The molecule has 6 heteroatoms. The molecule has 25 heavy (non-hydrogen) atoms. The van der Waals surface area contributed by atoms with Gasteiger partial charge in [-0.3, -0.25) is 0 Å². The topological polar surface area (TPSA) is 73.3 Å². The minimum absolute atomic E-state index is 0.245. The van der Waals surface area contributed by atoms with Crippen LogP contribution in [0.4, 0.5) is 0 Å². The second-order valence-corrected chi connectivity index (χ2v) is 6.04. The summed E-state index contributed by atoms with van der Waals surface area (Å²) in [6.07, 6.45) is 0.650. The summed E-state index contributed by atoms with van der Waals surface area (Å²) in [6, 6.07) is 14.6. The molecular weight excluding hydrogens is 338 g/mol. The molecule has 0 unspecified atom stereocenters. The van der Waals surface area contributed by atoms with E-state index < -0.39 is 0 Å². The summed E-state index contributed by atoms with van der Waals surface area (Å²) in [5, 5.41) is 14.6. The van der Waals surface area contributed by atoms with Crippen molar-refractivity contribution in [3.8, 4) is 17.2 Å². The predicted molar refractivity (Wildman–Crippen MR) is 98.5 cm³/mol. The summed E-state index contributed by atoms with van der Waals surface area (Å²) in [6.45, 7) is 2.86. The molecule has 130 valence electrons. The van der Waals surface area contributed by atoms with Gasteiger partial charge in [0.15, 0.2) is 0 Å². The Hall–Kier alpha value is -2.50. The van der Waals surface area contributed by atoms with Crippen LogP contribution in [0.1, 0.15) is 23.9 Å². The van der Waals surface area contributed by atoms with Crippen molar-refractivity contribution >= 4 is 11.6 Å². The zero-order valence-electron chi connectivity index (χ0n) is 13.9. The molecule has 2 aromatic carbocycles. The van der Waals surface area contributed by atoms with E-state index in [1.807, 2.05) is 41.9 Å². The third kappa shape index (κ3) is 3.95. The lowest BCUT2D eigenvalue weighted by Crippen LogP contribution is -2.05. The molecule has 0 aliphatic heterocycles. The molecule has 0 atom stereocenters. The fourth-order valence-electron chi connectivity index (χ4n) is 2.65. The normalized spacial score (nSPS) is 10.8. The number of phenolic OH excluding ortho intramolecular Hbond substituents is 1. The number of nitrogens with zero attached hydrogens (tertiary/aromatic N) is 2. The van der Waals surface area contributed by atoms with Crippen molar-refractivity contribution in [2.24, 2.45) is 5.73 Å². The summed E-state index contributed by atoms with van der Waals surface area (Å²) in [7, 11) is 0. The fourth-order valence-corrected chi connectivity index (χ4v) is 2.90. The van der Waals surface area contributed by atoms with Crippen LogP contribution in [-0.4, -0.2) is 21.5 Å². The van der Waals surface area contributed by atoms with Gasteiger partial charge in [0, 0.05) is 24.7 Å². The highest BCUT2D eigenvalue weighted by Gasteiger charge is 2.13. The van der Waals surface area contributed by atoms with Crippen LogP contribution in [0.5, 0.6) is 11.5 Å². The van der Waals surface area contributed by atoms with Crippen LogP contribution in [0.3, 0.4) is 0 Å². The Morgan fingerprint density at radius 2 is 1.92 bits per heavy atom. The van der Waals surface area contributed by atoms with E-state index in [4.69, 9.17) is 22.1 Å². The van der Waals surface area contributed by atoms with Crippen LogP contribution in [0, 0.1) is 0 Å². The van der Waals surface area contributed by atoms with E-state index in [1.54, 1.807) is 18.2 Å². The third-order valence-corrected chi connectivity index (χ3v) is 4.13. The van der Waals surface area contributed by atoms with Crippen LogP contribution >= 0.6 is 11.6 Å². The molecule has 0 saturated carbocycles. The fraction of sp³-hybridized carbons (Fsp3) is 0.211. The van der Waals surface area contributed by atoms with E-state index in [2.05, 4.69) is 5.10 Å². The van der Waals surface area contributed by atoms with Crippen LogP contribution in [0.15, 0.2) is 48.5 Å². The van der Waals surface area contributed by atoms with Crippen molar-refractivity contribution in [3.63, 3.8) is 0 Å². The lowest BCUT2D eigenvalue weighted by molar-refractivity contribution is 0.340. The first kappa shape index (κ1) is 17.3. The van der Waals surface area contributed by atoms with Gasteiger partial charge in [0.2, 0.25) is 0 Å². The molecule has 3 N–H and O–H groups in total. The number of hydrogen-bond donors (Lipinski definition) is 2. The molecule has 3 aromatic rings. The molecule has 0 amide bonds. The minimum atomic E-state index is 0.245. The highest BCUT2D eigenvalue weighted by atomic mass is 35.5. The number of halogens is 1. The van der Waals surface area contributed by atoms with Crippen molar-refractivity contribution in [2.45, 2.75) is 19.9 Å². The molecule has 0 spiro atoms. The smallest absolute Gasteiger partial charge is 0.120 e.